The van der Waals surface area contributed by atoms with Gasteiger partial charge in [-0.1, -0.05) is 0 Å². The molecule has 0 radical (unpaired) electrons. The zero-order valence-electron chi connectivity index (χ0n) is 8.45. The number of hydrogen-bond acceptors (Lipinski definition) is 5. The summed E-state index contributed by atoms with van der Waals surface area (Å²) in [6.07, 6.45) is 4.37. The van der Waals surface area contributed by atoms with Gasteiger partial charge in [-0.2, -0.15) is 4.98 Å². The molecular weight excluding hydrogens is 210 g/mol. The minimum absolute atomic E-state index is 0.0235. The summed E-state index contributed by atoms with van der Waals surface area (Å²) in [4.78, 5) is 22.5. The molecule has 0 aliphatic heterocycles. The predicted molar refractivity (Wildman–Crippen MR) is 55.7 cm³/mol. The van der Waals surface area contributed by atoms with E-state index in [1.54, 1.807) is 19.3 Å². The molecule has 0 saturated heterocycles. The van der Waals surface area contributed by atoms with Crippen molar-refractivity contribution in [1.82, 2.24) is 19.5 Å². The van der Waals surface area contributed by atoms with Crippen LogP contribution in [0, 0.1) is 0 Å². The molecular formula is C9H9N5O2. The van der Waals surface area contributed by atoms with Crippen LogP contribution in [0.4, 0.5) is 5.95 Å². The number of nitrogens with one attached hydrogen (secondary N) is 1. The molecule has 2 rings (SSSR count). The SMILES string of the molecule is CNc1nccc(-n2cnc(C(=O)O)c2)n1. The second-order valence-electron chi connectivity index (χ2n) is 2.96. The summed E-state index contributed by atoms with van der Waals surface area (Å²) in [5.41, 5.74) is -0.0235. The summed E-state index contributed by atoms with van der Waals surface area (Å²) in [6, 6.07) is 1.66. The van der Waals surface area contributed by atoms with E-state index in [0.717, 1.165) is 0 Å². The number of carboxylic acid groups (broad SMARTS) is 1. The number of imidazole rings is 1. The van der Waals surface area contributed by atoms with Crippen molar-refractivity contribution < 1.29 is 9.90 Å². The van der Waals surface area contributed by atoms with Crippen LogP contribution in [0.15, 0.2) is 24.8 Å². The van der Waals surface area contributed by atoms with Crippen LogP contribution >= 0.6 is 0 Å². The normalized spacial score (nSPS) is 10.1. The Balaban J connectivity index is 2.38. The first-order valence-electron chi connectivity index (χ1n) is 4.49. The second-order valence-corrected chi connectivity index (χ2v) is 2.96. The fourth-order valence-electron chi connectivity index (χ4n) is 1.17. The van der Waals surface area contributed by atoms with Crippen LogP contribution < -0.4 is 5.32 Å². The van der Waals surface area contributed by atoms with E-state index in [2.05, 4.69) is 20.3 Å². The number of rotatable bonds is 3. The maximum Gasteiger partial charge on any atom is 0.356 e. The average Bonchev–Trinajstić information content (AvgIpc) is 2.78. The molecule has 0 atom stereocenters. The van der Waals surface area contributed by atoms with Gasteiger partial charge in [-0.3, -0.25) is 4.57 Å². The molecule has 0 unspecified atom stereocenters. The van der Waals surface area contributed by atoms with Gasteiger partial charge in [0.25, 0.3) is 0 Å². The Labute approximate surface area is 90.8 Å². The zero-order chi connectivity index (χ0) is 11.5. The number of carboxylic acids is 1. The first kappa shape index (κ1) is 10.1. The molecule has 0 saturated carbocycles. The highest BCUT2D eigenvalue weighted by Crippen LogP contribution is 2.07. The molecule has 2 heterocycles. The van der Waals surface area contributed by atoms with Crippen LogP contribution in [0.5, 0.6) is 0 Å². The van der Waals surface area contributed by atoms with Gasteiger partial charge in [0.2, 0.25) is 5.95 Å². The molecule has 0 aromatic carbocycles. The third-order valence-corrected chi connectivity index (χ3v) is 1.93. The van der Waals surface area contributed by atoms with Crippen molar-refractivity contribution in [3.8, 4) is 5.82 Å². The van der Waals surface area contributed by atoms with Crippen LogP contribution in [-0.2, 0) is 0 Å². The van der Waals surface area contributed by atoms with Crippen LogP contribution in [0.25, 0.3) is 5.82 Å². The molecule has 0 aliphatic carbocycles. The number of aromatic nitrogens is 4. The van der Waals surface area contributed by atoms with Crippen molar-refractivity contribution in [2.45, 2.75) is 0 Å². The molecule has 2 aromatic heterocycles. The van der Waals surface area contributed by atoms with E-state index in [-0.39, 0.29) is 5.69 Å². The Kier molecular flexibility index (Phi) is 2.50. The van der Waals surface area contributed by atoms with Gasteiger partial charge in [0.15, 0.2) is 5.69 Å². The quantitative estimate of drug-likeness (QED) is 0.776. The van der Waals surface area contributed by atoms with E-state index in [0.29, 0.717) is 11.8 Å². The molecule has 7 nitrogen and oxygen atoms in total. The van der Waals surface area contributed by atoms with E-state index >= 15 is 0 Å². The van der Waals surface area contributed by atoms with Crippen LogP contribution in [-0.4, -0.2) is 37.6 Å². The molecule has 0 aliphatic rings. The molecule has 7 heteroatoms. The smallest absolute Gasteiger partial charge is 0.356 e. The number of anilines is 1. The summed E-state index contributed by atoms with van der Waals surface area (Å²) in [5, 5.41) is 11.5. The monoisotopic (exact) mass is 219 g/mol. The largest absolute Gasteiger partial charge is 0.476 e. The van der Waals surface area contributed by atoms with Crippen molar-refractivity contribution >= 4 is 11.9 Å². The van der Waals surface area contributed by atoms with Gasteiger partial charge in [-0.15, -0.1) is 0 Å². The minimum Gasteiger partial charge on any atom is -0.476 e. The fraction of sp³-hybridized carbons (Fsp3) is 0.111. The highest BCUT2D eigenvalue weighted by atomic mass is 16.4. The van der Waals surface area contributed by atoms with E-state index in [1.807, 2.05) is 0 Å². The van der Waals surface area contributed by atoms with Crippen molar-refractivity contribution in [2.75, 3.05) is 12.4 Å². The molecule has 0 bridgehead atoms. The topological polar surface area (TPSA) is 92.9 Å². The lowest BCUT2D eigenvalue weighted by molar-refractivity contribution is 0.0691. The fourth-order valence-corrected chi connectivity index (χ4v) is 1.17. The number of nitrogens with zero attached hydrogens (tertiary/aromatic N) is 4. The van der Waals surface area contributed by atoms with Crippen LogP contribution in [0.2, 0.25) is 0 Å². The lowest BCUT2D eigenvalue weighted by atomic mass is 10.5. The molecule has 82 valence electrons. The molecule has 2 N–H and O–H groups in total. The van der Waals surface area contributed by atoms with Crippen molar-refractivity contribution in [3.05, 3.63) is 30.5 Å². The summed E-state index contributed by atoms with van der Waals surface area (Å²) in [5.74, 6) is -0.0518. The van der Waals surface area contributed by atoms with Gasteiger partial charge in [0, 0.05) is 19.4 Å². The Bertz CT molecular complexity index is 522. The van der Waals surface area contributed by atoms with Crippen molar-refractivity contribution in [3.63, 3.8) is 0 Å². The average molecular weight is 219 g/mol. The zero-order valence-corrected chi connectivity index (χ0v) is 8.45. The molecule has 0 fully saturated rings. The number of aromatic carboxylic acids is 1. The van der Waals surface area contributed by atoms with E-state index in [9.17, 15) is 4.79 Å². The standard InChI is InChI=1S/C9H9N5O2/c1-10-9-11-3-2-7(13-9)14-4-6(8(15)16)12-5-14/h2-5H,1H3,(H,15,16)(H,10,11,13). The van der Waals surface area contributed by atoms with E-state index < -0.39 is 5.97 Å². The summed E-state index contributed by atoms with van der Waals surface area (Å²) >= 11 is 0. The van der Waals surface area contributed by atoms with Gasteiger partial charge < -0.3 is 10.4 Å². The van der Waals surface area contributed by atoms with Gasteiger partial charge in [0.05, 0.1) is 0 Å². The van der Waals surface area contributed by atoms with Gasteiger partial charge in [-0.05, 0) is 6.07 Å². The third kappa shape index (κ3) is 1.83. The summed E-state index contributed by atoms with van der Waals surface area (Å²) in [7, 11) is 1.70. The first-order chi connectivity index (χ1) is 7.70. The minimum atomic E-state index is -1.07. The van der Waals surface area contributed by atoms with E-state index in [4.69, 9.17) is 5.11 Å². The lowest BCUT2D eigenvalue weighted by Gasteiger charge is -2.02. The summed E-state index contributed by atoms with van der Waals surface area (Å²) in [6.45, 7) is 0. The maximum atomic E-state index is 10.6. The highest BCUT2D eigenvalue weighted by molar-refractivity contribution is 5.85. The maximum absolute atomic E-state index is 10.6. The predicted octanol–water partition coefficient (Wildman–Crippen LogP) is 0.402. The Morgan fingerprint density at radius 3 is 2.94 bits per heavy atom. The molecule has 0 spiro atoms. The van der Waals surface area contributed by atoms with Crippen molar-refractivity contribution in [1.29, 1.82) is 0 Å². The van der Waals surface area contributed by atoms with Crippen molar-refractivity contribution in [2.24, 2.45) is 0 Å². The molecule has 0 amide bonds. The molecule has 16 heavy (non-hydrogen) atoms. The highest BCUT2D eigenvalue weighted by Gasteiger charge is 2.08. The Morgan fingerprint density at radius 2 is 2.31 bits per heavy atom. The van der Waals surface area contributed by atoms with Crippen LogP contribution in [0.3, 0.4) is 0 Å². The van der Waals surface area contributed by atoms with Crippen LogP contribution in [0.1, 0.15) is 10.5 Å². The Morgan fingerprint density at radius 1 is 1.50 bits per heavy atom. The number of hydrogen-bond donors (Lipinski definition) is 2. The van der Waals surface area contributed by atoms with E-state index in [1.165, 1.54) is 17.1 Å². The second kappa shape index (κ2) is 3.97. The first-order valence-corrected chi connectivity index (χ1v) is 4.49. The van der Waals surface area contributed by atoms with Gasteiger partial charge in [0.1, 0.15) is 12.1 Å². The number of carbonyl (C=O) groups is 1. The van der Waals surface area contributed by atoms with Gasteiger partial charge in [-0.25, -0.2) is 14.8 Å². The molecule has 2 aromatic rings. The Hall–Kier alpha value is -2.44. The van der Waals surface area contributed by atoms with Gasteiger partial charge >= 0.3 is 5.97 Å². The third-order valence-electron chi connectivity index (χ3n) is 1.93. The lowest BCUT2D eigenvalue weighted by Crippen LogP contribution is -2.01. The summed E-state index contributed by atoms with van der Waals surface area (Å²) < 4.78 is 1.52.